The number of hydrogen-bond donors (Lipinski definition) is 0. The van der Waals surface area contributed by atoms with E-state index in [9.17, 15) is 0 Å². The summed E-state index contributed by atoms with van der Waals surface area (Å²) in [4.78, 5) is 0. The van der Waals surface area contributed by atoms with Crippen LogP contribution in [0, 0.1) is 0 Å². The summed E-state index contributed by atoms with van der Waals surface area (Å²) in [5.41, 5.74) is 1.42. The van der Waals surface area contributed by atoms with E-state index in [1.54, 1.807) is 0 Å². The third kappa shape index (κ3) is 3.27. The van der Waals surface area contributed by atoms with Crippen molar-refractivity contribution in [2.24, 2.45) is 0 Å². The van der Waals surface area contributed by atoms with Gasteiger partial charge in [0.2, 0.25) is 0 Å². The summed E-state index contributed by atoms with van der Waals surface area (Å²) in [6.07, 6.45) is 2.72. The van der Waals surface area contributed by atoms with Gasteiger partial charge in [0.25, 0.3) is 0 Å². The Balaban J connectivity index is 2.54. The molecule has 0 heterocycles. The molecular formula is C12H20OSi. The lowest BCUT2D eigenvalue weighted by atomic mass is 9.94. The summed E-state index contributed by atoms with van der Waals surface area (Å²) in [5, 5.41) is 0. The van der Waals surface area contributed by atoms with Crippen molar-refractivity contribution in [2.75, 3.05) is 0 Å². The van der Waals surface area contributed by atoms with Crippen LogP contribution >= 0.6 is 0 Å². The molecular weight excluding hydrogens is 188 g/mol. The lowest BCUT2D eigenvalue weighted by Crippen LogP contribution is -2.13. The molecule has 2 atom stereocenters. The number of rotatable bonds is 5. The predicted octanol–water partition coefficient (Wildman–Crippen LogP) is 2.26. The molecule has 0 radical (unpaired) electrons. The van der Waals surface area contributed by atoms with Crippen LogP contribution in [0.5, 0.6) is 0 Å². The van der Waals surface area contributed by atoms with E-state index in [-0.39, 0.29) is 0 Å². The second kappa shape index (κ2) is 5.99. The molecule has 0 bridgehead atoms. The molecule has 1 rings (SSSR count). The Labute approximate surface area is 90.0 Å². The molecule has 1 aromatic rings. The highest BCUT2D eigenvalue weighted by molar-refractivity contribution is 5.98. The first-order valence-electron chi connectivity index (χ1n) is 5.35. The number of hydrogen-bond acceptors (Lipinski definition) is 1. The quantitative estimate of drug-likeness (QED) is 0.674. The normalized spacial score (nSPS) is 15.3. The van der Waals surface area contributed by atoms with Crippen LogP contribution in [0.25, 0.3) is 0 Å². The molecule has 0 fully saturated rings. The Hall–Kier alpha value is -0.603. The van der Waals surface area contributed by atoms with Crippen LogP contribution in [0.4, 0.5) is 0 Å². The lowest BCUT2D eigenvalue weighted by molar-refractivity contribution is 0.196. The fourth-order valence-corrected chi connectivity index (χ4v) is 2.27. The zero-order valence-corrected chi connectivity index (χ0v) is 11.4. The van der Waals surface area contributed by atoms with Gasteiger partial charge in [-0.1, -0.05) is 44.2 Å². The summed E-state index contributed by atoms with van der Waals surface area (Å²) in [5.74, 6) is 0.607. The average molecular weight is 208 g/mol. The maximum absolute atomic E-state index is 5.53. The van der Waals surface area contributed by atoms with Crippen LogP contribution in [0.3, 0.4) is 0 Å². The van der Waals surface area contributed by atoms with Crippen LogP contribution < -0.4 is 0 Å². The minimum atomic E-state index is 0.455. The fraction of sp³-hybridized carbons (Fsp3) is 0.500. The van der Waals surface area contributed by atoms with Gasteiger partial charge in [-0.05, 0) is 24.3 Å². The van der Waals surface area contributed by atoms with Crippen molar-refractivity contribution >= 4 is 10.5 Å². The van der Waals surface area contributed by atoms with Gasteiger partial charge >= 0.3 is 0 Å². The van der Waals surface area contributed by atoms with E-state index < -0.39 is 0 Å². The molecule has 0 aromatic heterocycles. The lowest BCUT2D eigenvalue weighted by Gasteiger charge is -2.19. The molecule has 2 heteroatoms. The molecule has 0 spiro atoms. The largest absolute Gasteiger partial charge is 0.425 e. The van der Waals surface area contributed by atoms with Gasteiger partial charge < -0.3 is 4.43 Å². The Morgan fingerprint density at radius 3 is 2.43 bits per heavy atom. The molecule has 78 valence electrons. The van der Waals surface area contributed by atoms with Gasteiger partial charge in [-0.3, -0.25) is 0 Å². The Kier molecular flexibility index (Phi) is 4.91. The zero-order chi connectivity index (χ0) is 10.4. The minimum Gasteiger partial charge on any atom is -0.425 e. The molecule has 0 N–H and O–H groups in total. The summed E-state index contributed by atoms with van der Waals surface area (Å²) < 4.78 is 5.53. The Bertz CT molecular complexity index is 244. The van der Waals surface area contributed by atoms with E-state index in [0.717, 1.165) is 23.3 Å². The standard InChI is InChI=1S/C12H20OSi/c1-3-12(13-14)9-10(2)11-7-5-4-6-8-11/h4-8,10,12H,3,9H2,1-2,14H3. The van der Waals surface area contributed by atoms with Gasteiger partial charge in [-0.2, -0.15) is 0 Å². The molecule has 0 aliphatic carbocycles. The molecule has 1 nitrogen and oxygen atoms in total. The second-order valence-electron chi connectivity index (χ2n) is 3.81. The topological polar surface area (TPSA) is 9.23 Å². The highest BCUT2D eigenvalue weighted by atomic mass is 28.2. The van der Waals surface area contributed by atoms with Crippen LogP contribution in [0.15, 0.2) is 30.3 Å². The third-order valence-electron chi connectivity index (χ3n) is 2.77. The predicted molar refractivity (Wildman–Crippen MR) is 64.6 cm³/mol. The number of benzene rings is 1. The average Bonchev–Trinajstić information content (AvgIpc) is 2.26. The van der Waals surface area contributed by atoms with Crippen LogP contribution in [0.2, 0.25) is 0 Å². The van der Waals surface area contributed by atoms with Crippen LogP contribution in [0.1, 0.15) is 38.2 Å². The molecule has 0 aliphatic rings. The minimum absolute atomic E-state index is 0.455. The molecule has 0 amide bonds. The maximum atomic E-state index is 5.53. The van der Waals surface area contributed by atoms with E-state index in [1.807, 2.05) is 0 Å². The van der Waals surface area contributed by atoms with Gasteiger partial charge in [0.15, 0.2) is 0 Å². The van der Waals surface area contributed by atoms with Gasteiger partial charge in [-0.15, -0.1) is 0 Å². The zero-order valence-electron chi connectivity index (χ0n) is 9.36. The van der Waals surface area contributed by atoms with Crippen LogP contribution in [-0.4, -0.2) is 16.6 Å². The smallest absolute Gasteiger partial charge is 0.146 e. The summed E-state index contributed by atoms with van der Waals surface area (Å²) >= 11 is 0. The van der Waals surface area contributed by atoms with Gasteiger partial charge in [0.1, 0.15) is 10.5 Å². The van der Waals surface area contributed by atoms with E-state index in [1.165, 1.54) is 5.56 Å². The Morgan fingerprint density at radius 2 is 1.93 bits per heavy atom. The molecule has 0 aliphatic heterocycles. The first-order valence-corrected chi connectivity index (χ1v) is 6.17. The van der Waals surface area contributed by atoms with Crippen molar-refractivity contribution < 1.29 is 4.43 Å². The van der Waals surface area contributed by atoms with Crippen molar-refractivity contribution in [2.45, 2.75) is 38.7 Å². The molecule has 2 unspecified atom stereocenters. The van der Waals surface area contributed by atoms with Gasteiger partial charge in [-0.25, -0.2) is 0 Å². The first-order chi connectivity index (χ1) is 6.77. The summed E-state index contributed by atoms with van der Waals surface area (Å²) in [6.45, 7) is 4.47. The second-order valence-corrected chi connectivity index (χ2v) is 4.28. The monoisotopic (exact) mass is 208 g/mol. The fourth-order valence-electron chi connectivity index (χ4n) is 1.74. The van der Waals surface area contributed by atoms with Crippen molar-refractivity contribution in [1.29, 1.82) is 0 Å². The van der Waals surface area contributed by atoms with Crippen molar-refractivity contribution in [3.63, 3.8) is 0 Å². The van der Waals surface area contributed by atoms with E-state index in [4.69, 9.17) is 4.43 Å². The van der Waals surface area contributed by atoms with E-state index in [2.05, 4.69) is 44.2 Å². The van der Waals surface area contributed by atoms with E-state index in [0.29, 0.717) is 12.0 Å². The van der Waals surface area contributed by atoms with Crippen molar-refractivity contribution in [3.8, 4) is 0 Å². The molecule has 0 saturated heterocycles. The highest BCUT2D eigenvalue weighted by Gasteiger charge is 2.11. The first kappa shape index (κ1) is 11.5. The van der Waals surface area contributed by atoms with Gasteiger partial charge in [0.05, 0.1) is 0 Å². The molecule has 1 aromatic carbocycles. The van der Waals surface area contributed by atoms with Crippen LogP contribution in [-0.2, 0) is 4.43 Å². The molecule has 0 saturated carbocycles. The van der Waals surface area contributed by atoms with Crippen molar-refractivity contribution in [3.05, 3.63) is 35.9 Å². The summed E-state index contributed by atoms with van der Waals surface area (Å²) in [6, 6.07) is 10.7. The third-order valence-corrected chi connectivity index (χ3v) is 3.44. The maximum Gasteiger partial charge on any atom is 0.146 e. The van der Waals surface area contributed by atoms with Crippen molar-refractivity contribution in [1.82, 2.24) is 0 Å². The molecule has 14 heavy (non-hydrogen) atoms. The van der Waals surface area contributed by atoms with Gasteiger partial charge in [0, 0.05) is 6.10 Å². The Morgan fingerprint density at radius 1 is 1.29 bits per heavy atom. The SMILES string of the molecule is CCC(CC(C)c1ccccc1)O[SiH3]. The highest BCUT2D eigenvalue weighted by Crippen LogP contribution is 2.22. The summed E-state index contributed by atoms with van der Waals surface area (Å²) in [7, 11) is 0.850. The van der Waals surface area contributed by atoms with E-state index >= 15 is 0 Å².